The Hall–Kier alpha value is -1.09. The fraction of sp³-hybridized carbons (Fsp3) is 0. The van der Waals surface area contributed by atoms with Crippen molar-refractivity contribution in [3.05, 3.63) is 61.5 Å². The normalized spacial score (nSPS) is 16.4. The molecule has 3 rings (SSSR count). The molecule has 0 aromatic heterocycles. The molecule has 116 valence electrons. The minimum atomic E-state index is -0.162. The van der Waals surface area contributed by atoms with E-state index < -0.39 is 0 Å². The highest BCUT2D eigenvalue weighted by molar-refractivity contribution is 14.1. The van der Waals surface area contributed by atoms with E-state index in [9.17, 15) is 9.90 Å². The zero-order valence-electron chi connectivity index (χ0n) is 11.5. The van der Waals surface area contributed by atoms with E-state index in [1.165, 1.54) is 16.7 Å². The van der Waals surface area contributed by atoms with Gasteiger partial charge in [-0.05, 0) is 70.6 Å². The van der Waals surface area contributed by atoms with Gasteiger partial charge < -0.3 is 5.11 Å². The first-order valence-corrected chi connectivity index (χ1v) is 9.16. The third kappa shape index (κ3) is 3.55. The maximum absolute atomic E-state index is 12.6. The van der Waals surface area contributed by atoms with Gasteiger partial charge in [-0.25, -0.2) is 0 Å². The molecule has 0 spiro atoms. The highest BCUT2D eigenvalue weighted by Crippen LogP contribution is 2.36. The van der Waals surface area contributed by atoms with Gasteiger partial charge >= 0.3 is 0 Å². The van der Waals surface area contributed by atoms with E-state index in [2.05, 4.69) is 0 Å². The first kappa shape index (κ1) is 16.8. The molecule has 0 atom stereocenters. The number of nitrogens with zero attached hydrogens (tertiary/aromatic N) is 1. The van der Waals surface area contributed by atoms with Crippen LogP contribution in [0, 0.1) is 3.57 Å². The van der Waals surface area contributed by atoms with Crippen molar-refractivity contribution < 1.29 is 9.90 Å². The maximum atomic E-state index is 12.6. The Morgan fingerprint density at radius 3 is 2.57 bits per heavy atom. The zero-order valence-corrected chi connectivity index (χ0v) is 16.0. The molecule has 2 aromatic rings. The third-order valence-corrected chi connectivity index (χ3v) is 5.57. The van der Waals surface area contributed by atoms with Gasteiger partial charge in [-0.1, -0.05) is 41.6 Å². The first-order chi connectivity index (χ1) is 11.0. The van der Waals surface area contributed by atoms with E-state index in [0.717, 1.165) is 9.13 Å². The molecule has 3 nitrogen and oxygen atoms in total. The van der Waals surface area contributed by atoms with Crippen LogP contribution in [0.15, 0.2) is 47.4 Å². The summed E-state index contributed by atoms with van der Waals surface area (Å²) in [5.41, 5.74) is 1.53. The predicted octanol–water partition coefficient (Wildman–Crippen LogP) is 5.06. The number of thiocarbonyl (C=S) groups is 1. The van der Waals surface area contributed by atoms with E-state index in [1.54, 1.807) is 42.5 Å². The molecular weight excluding hydrogens is 465 g/mol. The molecule has 0 aliphatic carbocycles. The fourth-order valence-electron chi connectivity index (χ4n) is 2.04. The van der Waals surface area contributed by atoms with Crippen molar-refractivity contribution in [3.8, 4) is 5.75 Å². The lowest BCUT2D eigenvalue weighted by atomic mass is 10.2. The van der Waals surface area contributed by atoms with Crippen LogP contribution in [0.1, 0.15) is 5.56 Å². The van der Waals surface area contributed by atoms with Crippen LogP contribution >= 0.6 is 58.2 Å². The molecule has 1 fully saturated rings. The zero-order chi connectivity index (χ0) is 16.6. The smallest absolute Gasteiger partial charge is 0.270 e. The number of phenolic OH excluding ortho intramolecular Hbond substituents is 1. The van der Waals surface area contributed by atoms with E-state index in [4.69, 9.17) is 23.8 Å². The van der Waals surface area contributed by atoms with Gasteiger partial charge in [0.25, 0.3) is 5.91 Å². The lowest BCUT2D eigenvalue weighted by Gasteiger charge is -2.14. The number of benzene rings is 2. The number of phenols is 1. The number of halogens is 2. The average molecular weight is 474 g/mol. The van der Waals surface area contributed by atoms with Crippen molar-refractivity contribution in [1.82, 2.24) is 0 Å². The Morgan fingerprint density at radius 2 is 1.91 bits per heavy atom. The first-order valence-electron chi connectivity index (χ1n) is 6.48. The summed E-state index contributed by atoms with van der Waals surface area (Å²) in [6.45, 7) is 0. The van der Waals surface area contributed by atoms with Crippen LogP contribution in [-0.4, -0.2) is 15.3 Å². The van der Waals surface area contributed by atoms with Crippen molar-refractivity contribution in [2.24, 2.45) is 0 Å². The highest BCUT2D eigenvalue weighted by Gasteiger charge is 2.33. The van der Waals surface area contributed by atoms with Crippen molar-refractivity contribution in [2.75, 3.05) is 4.90 Å². The van der Waals surface area contributed by atoms with Crippen molar-refractivity contribution in [1.29, 1.82) is 0 Å². The molecule has 1 heterocycles. The number of hydrogen-bond donors (Lipinski definition) is 1. The Labute approximate surface area is 161 Å². The standard InChI is InChI=1S/C16H9ClINO2S2/c17-10-2-4-11(5-3-10)19-15(21)14(23-16(19)22)8-9-1-6-13(20)12(18)7-9/h1-8,20H. The average Bonchev–Trinajstić information content (AvgIpc) is 2.79. The van der Waals surface area contributed by atoms with Crippen LogP contribution in [0.5, 0.6) is 5.75 Å². The molecule has 1 aliphatic heterocycles. The largest absolute Gasteiger partial charge is 0.507 e. The number of rotatable bonds is 2. The predicted molar refractivity (Wildman–Crippen MR) is 108 cm³/mol. The molecule has 1 saturated heterocycles. The number of carbonyl (C=O) groups excluding carboxylic acids is 1. The summed E-state index contributed by atoms with van der Waals surface area (Å²) in [7, 11) is 0. The lowest BCUT2D eigenvalue weighted by Crippen LogP contribution is -2.27. The van der Waals surface area contributed by atoms with Crippen LogP contribution in [0.25, 0.3) is 6.08 Å². The number of thioether (sulfide) groups is 1. The lowest BCUT2D eigenvalue weighted by molar-refractivity contribution is -0.113. The Bertz CT molecular complexity index is 836. The van der Waals surface area contributed by atoms with Crippen LogP contribution in [0.4, 0.5) is 5.69 Å². The Kier molecular flexibility index (Phi) is 4.96. The van der Waals surface area contributed by atoms with Gasteiger partial charge in [0, 0.05) is 5.02 Å². The second-order valence-corrected chi connectivity index (χ2v) is 7.98. The molecule has 0 radical (unpaired) electrons. The summed E-state index contributed by atoms with van der Waals surface area (Å²) >= 11 is 14.5. The monoisotopic (exact) mass is 473 g/mol. The molecule has 1 N–H and O–H groups in total. The van der Waals surface area contributed by atoms with E-state index >= 15 is 0 Å². The van der Waals surface area contributed by atoms with Gasteiger partial charge in [-0.2, -0.15) is 0 Å². The molecule has 7 heteroatoms. The highest BCUT2D eigenvalue weighted by atomic mass is 127. The summed E-state index contributed by atoms with van der Waals surface area (Å²) in [5, 5.41) is 10.2. The molecule has 1 amide bonds. The van der Waals surface area contributed by atoms with Crippen molar-refractivity contribution in [2.45, 2.75) is 0 Å². The second-order valence-electron chi connectivity index (χ2n) is 4.70. The molecule has 0 unspecified atom stereocenters. The number of hydrogen-bond acceptors (Lipinski definition) is 4. The number of aromatic hydroxyl groups is 1. The SMILES string of the molecule is O=C1C(=Cc2ccc(O)c(I)c2)SC(=S)N1c1ccc(Cl)cc1. The van der Waals surface area contributed by atoms with E-state index in [-0.39, 0.29) is 11.7 Å². The van der Waals surface area contributed by atoms with Crippen LogP contribution in [0.2, 0.25) is 5.02 Å². The fourth-order valence-corrected chi connectivity index (χ4v) is 4.01. The van der Waals surface area contributed by atoms with E-state index in [1.807, 2.05) is 28.7 Å². The molecule has 1 aliphatic rings. The maximum Gasteiger partial charge on any atom is 0.270 e. The summed E-state index contributed by atoms with van der Waals surface area (Å²) < 4.78 is 1.21. The molecule has 0 bridgehead atoms. The quantitative estimate of drug-likeness (QED) is 0.376. The second kappa shape index (κ2) is 6.80. The summed E-state index contributed by atoms with van der Waals surface area (Å²) in [5.74, 6) is 0.0573. The minimum Gasteiger partial charge on any atom is -0.507 e. The van der Waals surface area contributed by atoms with Crippen molar-refractivity contribution in [3.63, 3.8) is 0 Å². The van der Waals surface area contributed by atoms with Crippen LogP contribution in [0.3, 0.4) is 0 Å². The van der Waals surface area contributed by atoms with E-state index in [0.29, 0.717) is 19.9 Å². The van der Waals surface area contributed by atoms with Crippen molar-refractivity contribution >= 4 is 80.2 Å². The van der Waals surface area contributed by atoms with Gasteiger partial charge in [-0.15, -0.1) is 0 Å². The molecular formula is C16H9ClINO2S2. The van der Waals surface area contributed by atoms with Gasteiger partial charge in [0.1, 0.15) is 5.75 Å². The van der Waals surface area contributed by atoms with Crippen LogP contribution < -0.4 is 4.90 Å². The molecule has 23 heavy (non-hydrogen) atoms. The summed E-state index contributed by atoms with van der Waals surface area (Å²) in [6, 6.07) is 12.1. The summed E-state index contributed by atoms with van der Waals surface area (Å²) in [4.78, 5) is 14.7. The Morgan fingerprint density at radius 1 is 1.22 bits per heavy atom. The Balaban J connectivity index is 1.92. The molecule has 2 aromatic carbocycles. The number of carbonyl (C=O) groups is 1. The van der Waals surface area contributed by atoms with Gasteiger partial charge in [0.15, 0.2) is 4.32 Å². The topological polar surface area (TPSA) is 40.5 Å². The summed E-state index contributed by atoms with van der Waals surface area (Å²) in [6.07, 6.45) is 1.77. The molecule has 0 saturated carbocycles. The van der Waals surface area contributed by atoms with Gasteiger partial charge in [0.05, 0.1) is 14.2 Å². The van der Waals surface area contributed by atoms with Gasteiger partial charge in [0.2, 0.25) is 0 Å². The minimum absolute atomic E-state index is 0.162. The number of amides is 1. The number of anilines is 1. The van der Waals surface area contributed by atoms with Crippen LogP contribution in [-0.2, 0) is 4.79 Å². The van der Waals surface area contributed by atoms with Gasteiger partial charge in [-0.3, -0.25) is 9.69 Å². The third-order valence-electron chi connectivity index (χ3n) is 3.15.